The number of halogens is 1. The minimum atomic E-state index is 0.0298. The minimum absolute atomic E-state index is 0.0298. The van der Waals surface area contributed by atoms with Crippen molar-refractivity contribution < 1.29 is 24.1 Å². The highest BCUT2D eigenvalue weighted by molar-refractivity contribution is 6.33. The Hall–Kier alpha value is -2.26. The molecule has 9 heteroatoms. The zero-order chi connectivity index (χ0) is 26.4. The van der Waals surface area contributed by atoms with Crippen LogP contribution in [0.2, 0.25) is 5.02 Å². The summed E-state index contributed by atoms with van der Waals surface area (Å²) in [6.07, 6.45) is 3.61. The lowest BCUT2D eigenvalue weighted by molar-refractivity contribution is 0.0241. The summed E-state index contributed by atoms with van der Waals surface area (Å²) in [5.41, 5.74) is 2.02. The topological polar surface area (TPSA) is 76.5 Å². The Balaban J connectivity index is 1.34. The van der Waals surface area contributed by atoms with Gasteiger partial charge in [0.15, 0.2) is 0 Å². The van der Waals surface area contributed by atoms with Gasteiger partial charge in [-0.25, -0.2) is 4.98 Å². The maximum atomic E-state index is 10.1. The molecule has 8 nitrogen and oxygen atoms in total. The summed E-state index contributed by atoms with van der Waals surface area (Å²) in [6.45, 7) is 8.27. The van der Waals surface area contributed by atoms with Crippen LogP contribution in [0.4, 0.5) is 11.4 Å². The maximum Gasteiger partial charge on any atom is 0.215 e. The van der Waals surface area contributed by atoms with Crippen molar-refractivity contribution in [1.29, 1.82) is 0 Å². The molecule has 2 aliphatic rings. The van der Waals surface area contributed by atoms with E-state index in [-0.39, 0.29) is 30.8 Å². The number of aliphatic hydroxyl groups excluding tert-OH is 1. The molecule has 0 radical (unpaired) electrons. The van der Waals surface area contributed by atoms with Gasteiger partial charge in [0.05, 0.1) is 42.8 Å². The molecule has 0 amide bonds. The van der Waals surface area contributed by atoms with Gasteiger partial charge in [-0.3, -0.25) is 0 Å². The molecule has 2 fully saturated rings. The van der Waals surface area contributed by atoms with E-state index in [4.69, 9.17) is 30.5 Å². The van der Waals surface area contributed by atoms with Crippen LogP contribution in [0.15, 0.2) is 36.5 Å². The first-order valence-corrected chi connectivity index (χ1v) is 13.5. The summed E-state index contributed by atoms with van der Waals surface area (Å²) in [6, 6.07) is 10.2. The molecule has 0 bridgehead atoms. The number of methoxy groups -OCH3 is 2. The zero-order valence-corrected chi connectivity index (χ0v) is 23.1. The highest BCUT2D eigenvalue weighted by Gasteiger charge is 2.39. The fourth-order valence-corrected chi connectivity index (χ4v) is 5.63. The first-order valence-electron chi connectivity index (χ1n) is 13.1. The molecular weight excluding hydrogens is 494 g/mol. The SMILES string of the molecule is COCCCO[C@H]1CN(c2ccc(OC3CCN(c4cc(OC)ncc4Cl)CC3C)cc2)[C@@H](CO)[C@@H]1C. The predicted octanol–water partition coefficient (Wildman–Crippen LogP) is 4.28. The second-order valence-corrected chi connectivity index (χ2v) is 10.5. The second kappa shape index (κ2) is 13.0. The van der Waals surface area contributed by atoms with Crippen molar-refractivity contribution in [2.75, 3.05) is 63.5 Å². The van der Waals surface area contributed by atoms with Crippen molar-refractivity contribution >= 4 is 23.0 Å². The average Bonchev–Trinajstić information content (AvgIpc) is 3.23. The van der Waals surface area contributed by atoms with Crippen LogP contribution in [0.3, 0.4) is 0 Å². The van der Waals surface area contributed by atoms with E-state index in [0.717, 1.165) is 49.6 Å². The molecular formula is C28H40ClN3O5. The van der Waals surface area contributed by atoms with Crippen LogP contribution in [-0.4, -0.2) is 82.0 Å². The molecule has 0 aliphatic carbocycles. The molecule has 204 valence electrons. The van der Waals surface area contributed by atoms with Crippen LogP contribution >= 0.6 is 11.6 Å². The predicted molar refractivity (Wildman–Crippen MR) is 146 cm³/mol. The molecule has 1 N–H and O–H groups in total. The van der Waals surface area contributed by atoms with Crippen LogP contribution in [0.5, 0.6) is 11.6 Å². The highest BCUT2D eigenvalue weighted by atomic mass is 35.5. The lowest BCUT2D eigenvalue weighted by atomic mass is 9.96. The number of aromatic nitrogens is 1. The Bertz CT molecular complexity index is 994. The van der Waals surface area contributed by atoms with Crippen LogP contribution in [-0.2, 0) is 9.47 Å². The van der Waals surface area contributed by atoms with E-state index in [2.05, 4.69) is 40.8 Å². The van der Waals surface area contributed by atoms with Crippen LogP contribution < -0.4 is 19.3 Å². The molecule has 2 saturated heterocycles. The smallest absolute Gasteiger partial charge is 0.215 e. The van der Waals surface area contributed by atoms with Gasteiger partial charge in [-0.2, -0.15) is 0 Å². The highest BCUT2D eigenvalue weighted by Crippen LogP contribution is 2.35. The Morgan fingerprint density at radius 2 is 1.86 bits per heavy atom. The third-order valence-corrected chi connectivity index (χ3v) is 7.92. The quantitative estimate of drug-likeness (QED) is 0.429. The lowest BCUT2D eigenvalue weighted by Crippen LogP contribution is -2.44. The third-order valence-electron chi connectivity index (χ3n) is 7.62. The molecule has 0 saturated carbocycles. The van der Waals surface area contributed by atoms with Crippen molar-refractivity contribution in [3.05, 3.63) is 41.6 Å². The standard InChI is InChI=1S/C28H40ClN3O5/c1-19-16-31(24-14-28(35-4)30-15-23(24)29)11-10-26(19)37-22-8-6-21(7-9-22)32-17-27(20(2)25(32)18-33)36-13-5-12-34-3/h6-9,14-15,19-20,25-27,33H,5,10-13,16-18H2,1-4H3/t19?,20-,25-,26?,27-/m0/s1. The Labute approximate surface area is 225 Å². The summed E-state index contributed by atoms with van der Waals surface area (Å²) >= 11 is 6.42. The van der Waals surface area contributed by atoms with Gasteiger partial charge < -0.3 is 33.9 Å². The summed E-state index contributed by atoms with van der Waals surface area (Å²) in [7, 11) is 3.31. The van der Waals surface area contributed by atoms with Gasteiger partial charge in [0, 0.05) is 70.0 Å². The number of pyridine rings is 1. The van der Waals surface area contributed by atoms with E-state index in [9.17, 15) is 5.11 Å². The van der Waals surface area contributed by atoms with Crippen LogP contribution in [0.25, 0.3) is 0 Å². The number of piperidine rings is 1. The number of aliphatic hydroxyl groups is 1. The Morgan fingerprint density at radius 3 is 2.54 bits per heavy atom. The molecule has 3 heterocycles. The van der Waals surface area contributed by atoms with Gasteiger partial charge in [0.1, 0.15) is 11.9 Å². The van der Waals surface area contributed by atoms with E-state index >= 15 is 0 Å². The zero-order valence-electron chi connectivity index (χ0n) is 22.3. The van der Waals surface area contributed by atoms with E-state index < -0.39 is 0 Å². The Kier molecular flexibility index (Phi) is 9.76. The van der Waals surface area contributed by atoms with E-state index in [1.807, 2.05) is 18.2 Å². The lowest BCUT2D eigenvalue weighted by Gasteiger charge is -2.38. The fraction of sp³-hybridized carbons (Fsp3) is 0.607. The number of rotatable bonds is 11. The summed E-state index contributed by atoms with van der Waals surface area (Å²) in [4.78, 5) is 8.71. The number of nitrogens with zero attached hydrogens (tertiary/aromatic N) is 3. The van der Waals surface area contributed by atoms with E-state index in [0.29, 0.717) is 30.0 Å². The van der Waals surface area contributed by atoms with Gasteiger partial charge in [-0.1, -0.05) is 25.4 Å². The average molecular weight is 534 g/mol. The molecule has 37 heavy (non-hydrogen) atoms. The van der Waals surface area contributed by atoms with Gasteiger partial charge in [-0.05, 0) is 30.7 Å². The summed E-state index contributed by atoms with van der Waals surface area (Å²) in [5.74, 6) is 1.98. The maximum absolute atomic E-state index is 10.1. The van der Waals surface area contributed by atoms with E-state index in [1.54, 1.807) is 20.4 Å². The van der Waals surface area contributed by atoms with Gasteiger partial charge >= 0.3 is 0 Å². The molecule has 4 rings (SSSR count). The number of ether oxygens (including phenoxy) is 4. The fourth-order valence-electron chi connectivity index (χ4n) is 5.40. The van der Waals surface area contributed by atoms with Crippen molar-refractivity contribution in [2.24, 2.45) is 11.8 Å². The van der Waals surface area contributed by atoms with Crippen molar-refractivity contribution in [2.45, 2.75) is 44.9 Å². The van der Waals surface area contributed by atoms with Crippen LogP contribution in [0.1, 0.15) is 26.7 Å². The van der Waals surface area contributed by atoms with Crippen molar-refractivity contribution in [3.8, 4) is 11.6 Å². The number of anilines is 2. The number of hydrogen-bond donors (Lipinski definition) is 1. The molecule has 0 spiro atoms. The molecule has 2 unspecified atom stereocenters. The first kappa shape index (κ1) is 27.8. The monoisotopic (exact) mass is 533 g/mol. The van der Waals surface area contributed by atoms with Crippen LogP contribution in [0, 0.1) is 11.8 Å². The van der Waals surface area contributed by atoms with Crippen molar-refractivity contribution in [1.82, 2.24) is 4.98 Å². The minimum Gasteiger partial charge on any atom is -0.490 e. The van der Waals surface area contributed by atoms with E-state index in [1.165, 1.54) is 0 Å². The Morgan fingerprint density at radius 1 is 1.08 bits per heavy atom. The molecule has 2 aromatic rings. The molecule has 1 aromatic heterocycles. The summed E-state index contributed by atoms with van der Waals surface area (Å²) in [5, 5.41) is 10.7. The second-order valence-electron chi connectivity index (χ2n) is 10.1. The summed E-state index contributed by atoms with van der Waals surface area (Å²) < 4.78 is 22.9. The molecule has 2 aliphatic heterocycles. The first-order chi connectivity index (χ1) is 17.9. The molecule has 5 atom stereocenters. The largest absolute Gasteiger partial charge is 0.490 e. The normalized spacial score (nSPS) is 25.9. The third kappa shape index (κ3) is 6.60. The number of benzene rings is 1. The van der Waals surface area contributed by atoms with Gasteiger partial charge in [0.2, 0.25) is 5.88 Å². The number of hydrogen-bond acceptors (Lipinski definition) is 8. The van der Waals surface area contributed by atoms with Gasteiger partial charge in [-0.15, -0.1) is 0 Å². The molecule has 1 aromatic carbocycles. The van der Waals surface area contributed by atoms with Gasteiger partial charge in [0.25, 0.3) is 0 Å². The van der Waals surface area contributed by atoms with Crippen molar-refractivity contribution in [3.63, 3.8) is 0 Å².